The Bertz CT molecular complexity index is 562. The number of pyridine rings is 1. The molecule has 1 aromatic heterocycles. The van der Waals surface area contributed by atoms with Crippen molar-refractivity contribution in [1.82, 2.24) is 15.6 Å². The lowest BCUT2D eigenvalue weighted by molar-refractivity contribution is -0.129. The second kappa shape index (κ2) is 7.41. The van der Waals surface area contributed by atoms with E-state index >= 15 is 0 Å². The minimum absolute atomic E-state index is 0.0122. The van der Waals surface area contributed by atoms with Crippen molar-refractivity contribution >= 4 is 17.6 Å². The Balaban J connectivity index is 1.59. The first kappa shape index (κ1) is 15.7. The SMILES string of the molecule is O=C1CC[C@H](C(=O)NCc2cccnc2N2CCOCC2)CN1. The van der Waals surface area contributed by atoms with Gasteiger partial charge in [0.15, 0.2) is 0 Å². The highest BCUT2D eigenvalue weighted by Crippen LogP contribution is 2.19. The van der Waals surface area contributed by atoms with E-state index in [9.17, 15) is 9.59 Å². The quantitative estimate of drug-likeness (QED) is 0.820. The normalized spacial score (nSPS) is 21.7. The summed E-state index contributed by atoms with van der Waals surface area (Å²) < 4.78 is 5.37. The number of rotatable bonds is 4. The monoisotopic (exact) mass is 318 g/mol. The molecule has 1 atom stereocenters. The van der Waals surface area contributed by atoms with Crippen LogP contribution in [0.4, 0.5) is 5.82 Å². The van der Waals surface area contributed by atoms with Crippen LogP contribution in [0.5, 0.6) is 0 Å². The zero-order valence-corrected chi connectivity index (χ0v) is 13.1. The molecule has 2 amide bonds. The molecule has 124 valence electrons. The molecule has 0 radical (unpaired) electrons. The highest BCUT2D eigenvalue weighted by Gasteiger charge is 2.24. The summed E-state index contributed by atoms with van der Waals surface area (Å²) in [6.07, 6.45) is 2.80. The first-order chi connectivity index (χ1) is 11.2. The summed E-state index contributed by atoms with van der Waals surface area (Å²) in [6, 6.07) is 3.87. The van der Waals surface area contributed by atoms with Gasteiger partial charge < -0.3 is 20.3 Å². The lowest BCUT2D eigenvalue weighted by atomic mass is 9.98. The summed E-state index contributed by atoms with van der Waals surface area (Å²) in [6.45, 7) is 3.89. The number of nitrogens with zero attached hydrogens (tertiary/aromatic N) is 2. The number of anilines is 1. The number of ether oxygens (including phenoxy) is 1. The van der Waals surface area contributed by atoms with Gasteiger partial charge in [-0.05, 0) is 12.5 Å². The Morgan fingerprint density at radius 1 is 1.43 bits per heavy atom. The third-order valence-corrected chi connectivity index (χ3v) is 4.27. The van der Waals surface area contributed by atoms with Gasteiger partial charge in [0.05, 0.1) is 19.1 Å². The molecule has 7 heteroatoms. The highest BCUT2D eigenvalue weighted by molar-refractivity contribution is 5.83. The highest BCUT2D eigenvalue weighted by atomic mass is 16.5. The molecular formula is C16H22N4O3. The van der Waals surface area contributed by atoms with E-state index in [4.69, 9.17) is 4.74 Å². The molecule has 23 heavy (non-hydrogen) atoms. The van der Waals surface area contributed by atoms with Crippen LogP contribution in [0.1, 0.15) is 18.4 Å². The summed E-state index contributed by atoms with van der Waals surface area (Å²) >= 11 is 0. The van der Waals surface area contributed by atoms with Gasteiger partial charge in [0, 0.05) is 44.4 Å². The molecule has 0 saturated carbocycles. The molecule has 1 aromatic rings. The van der Waals surface area contributed by atoms with Gasteiger partial charge in [-0.25, -0.2) is 4.98 Å². The number of carbonyl (C=O) groups is 2. The zero-order chi connectivity index (χ0) is 16.1. The molecule has 0 spiro atoms. The van der Waals surface area contributed by atoms with E-state index in [2.05, 4.69) is 20.5 Å². The van der Waals surface area contributed by atoms with Crippen LogP contribution < -0.4 is 15.5 Å². The summed E-state index contributed by atoms with van der Waals surface area (Å²) in [5.74, 6) is 0.780. The van der Waals surface area contributed by atoms with Gasteiger partial charge in [-0.3, -0.25) is 9.59 Å². The van der Waals surface area contributed by atoms with Crippen LogP contribution >= 0.6 is 0 Å². The van der Waals surface area contributed by atoms with Crippen molar-refractivity contribution in [3.8, 4) is 0 Å². The summed E-state index contributed by atoms with van der Waals surface area (Å²) in [5.41, 5.74) is 1.00. The molecule has 3 heterocycles. The standard InChI is InChI=1S/C16H22N4O3/c21-14-4-3-13(11-18-14)16(22)19-10-12-2-1-5-17-15(12)20-6-8-23-9-7-20/h1-2,5,13H,3-4,6-11H2,(H,18,21)(H,19,22)/t13-/m0/s1. The molecule has 7 nitrogen and oxygen atoms in total. The second-order valence-electron chi connectivity index (χ2n) is 5.84. The van der Waals surface area contributed by atoms with Gasteiger partial charge in [0.2, 0.25) is 11.8 Å². The number of hydrogen-bond donors (Lipinski definition) is 2. The Hall–Kier alpha value is -2.15. The molecule has 2 fully saturated rings. The zero-order valence-electron chi connectivity index (χ0n) is 13.1. The molecule has 2 N–H and O–H groups in total. The number of nitrogens with one attached hydrogen (secondary N) is 2. The third-order valence-electron chi connectivity index (χ3n) is 4.27. The van der Waals surface area contributed by atoms with Crippen LogP contribution in [0.15, 0.2) is 18.3 Å². The maximum Gasteiger partial charge on any atom is 0.225 e. The Kier molecular flexibility index (Phi) is 5.07. The first-order valence-corrected chi connectivity index (χ1v) is 8.05. The maximum atomic E-state index is 12.2. The van der Waals surface area contributed by atoms with Crippen LogP contribution in [0.25, 0.3) is 0 Å². The topological polar surface area (TPSA) is 83.6 Å². The van der Waals surface area contributed by atoms with Gasteiger partial charge in [-0.1, -0.05) is 6.07 Å². The van der Waals surface area contributed by atoms with Gasteiger partial charge >= 0.3 is 0 Å². The van der Waals surface area contributed by atoms with Crippen LogP contribution in [0, 0.1) is 5.92 Å². The molecule has 3 rings (SSSR count). The van der Waals surface area contributed by atoms with E-state index in [1.54, 1.807) is 6.20 Å². The van der Waals surface area contributed by atoms with Crippen molar-refractivity contribution in [3.05, 3.63) is 23.9 Å². The number of piperidine rings is 1. The molecule has 2 aliphatic rings. The lowest BCUT2D eigenvalue weighted by Gasteiger charge is -2.29. The van der Waals surface area contributed by atoms with E-state index in [1.165, 1.54) is 0 Å². The van der Waals surface area contributed by atoms with Crippen LogP contribution in [-0.2, 0) is 20.9 Å². The Morgan fingerprint density at radius 2 is 2.26 bits per heavy atom. The van der Waals surface area contributed by atoms with Gasteiger partial charge in [0.25, 0.3) is 0 Å². The molecule has 2 saturated heterocycles. The lowest BCUT2D eigenvalue weighted by Crippen LogP contribution is -2.43. The van der Waals surface area contributed by atoms with E-state index in [-0.39, 0.29) is 17.7 Å². The second-order valence-corrected chi connectivity index (χ2v) is 5.84. The molecular weight excluding hydrogens is 296 g/mol. The predicted octanol–water partition coefficient (Wildman–Crippen LogP) is 0.0606. The number of hydrogen-bond acceptors (Lipinski definition) is 5. The van der Waals surface area contributed by atoms with Crippen molar-refractivity contribution < 1.29 is 14.3 Å². The van der Waals surface area contributed by atoms with Crippen molar-refractivity contribution in [2.45, 2.75) is 19.4 Å². The predicted molar refractivity (Wildman–Crippen MR) is 84.8 cm³/mol. The van der Waals surface area contributed by atoms with E-state index < -0.39 is 0 Å². The fourth-order valence-electron chi connectivity index (χ4n) is 2.91. The number of carbonyl (C=O) groups excluding carboxylic acids is 2. The van der Waals surface area contributed by atoms with Crippen molar-refractivity contribution in [2.24, 2.45) is 5.92 Å². The molecule has 0 unspecified atom stereocenters. The number of amides is 2. The van der Waals surface area contributed by atoms with Crippen molar-refractivity contribution in [1.29, 1.82) is 0 Å². The minimum Gasteiger partial charge on any atom is -0.378 e. The minimum atomic E-state index is -0.142. The summed E-state index contributed by atoms with van der Waals surface area (Å²) in [7, 11) is 0. The maximum absolute atomic E-state index is 12.2. The fourth-order valence-corrected chi connectivity index (χ4v) is 2.91. The van der Waals surface area contributed by atoms with Gasteiger partial charge in [-0.2, -0.15) is 0 Å². The summed E-state index contributed by atoms with van der Waals surface area (Å²) in [4.78, 5) is 30.1. The largest absolute Gasteiger partial charge is 0.378 e. The molecule has 0 aliphatic carbocycles. The molecule has 0 bridgehead atoms. The Labute approximate surface area is 135 Å². The summed E-state index contributed by atoms with van der Waals surface area (Å²) in [5, 5.41) is 5.71. The van der Waals surface area contributed by atoms with E-state index in [1.807, 2.05) is 12.1 Å². The van der Waals surface area contributed by atoms with Gasteiger partial charge in [0.1, 0.15) is 5.82 Å². The molecule has 2 aliphatic heterocycles. The van der Waals surface area contributed by atoms with Crippen LogP contribution in [0.3, 0.4) is 0 Å². The van der Waals surface area contributed by atoms with Crippen LogP contribution in [-0.4, -0.2) is 49.6 Å². The average Bonchev–Trinajstić information content (AvgIpc) is 2.61. The van der Waals surface area contributed by atoms with Gasteiger partial charge in [-0.15, -0.1) is 0 Å². The van der Waals surface area contributed by atoms with E-state index in [0.29, 0.717) is 39.1 Å². The van der Waals surface area contributed by atoms with E-state index in [0.717, 1.165) is 24.5 Å². The molecule has 0 aromatic carbocycles. The average molecular weight is 318 g/mol. The first-order valence-electron chi connectivity index (χ1n) is 8.05. The van der Waals surface area contributed by atoms with Crippen molar-refractivity contribution in [3.63, 3.8) is 0 Å². The fraction of sp³-hybridized carbons (Fsp3) is 0.562. The third kappa shape index (κ3) is 3.98. The number of morpholine rings is 1. The van der Waals surface area contributed by atoms with Crippen molar-refractivity contribution in [2.75, 3.05) is 37.7 Å². The number of aromatic nitrogens is 1. The van der Waals surface area contributed by atoms with Crippen LogP contribution in [0.2, 0.25) is 0 Å². The Morgan fingerprint density at radius 3 is 3.00 bits per heavy atom. The smallest absolute Gasteiger partial charge is 0.225 e.